The lowest BCUT2D eigenvalue weighted by Gasteiger charge is -2.43. The average molecular weight is 528 g/mol. The summed E-state index contributed by atoms with van der Waals surface area (Å²) in [5, 5.41) is 0. The van der Waals surface area contributed by atoms with Crippen LogP contribution in [0.3, 0.4) is 0 Å². The number of nitrogen functional groups attached to an aromatic ring is 1. The minimum atomic E-state index is -5.78. The fourth-order valence-electron chi connectivity index (χ4n) is 2.96. The highest BCUT2D eigenvalue weighted by Crippen LogP contribution is 2.51. The second kappa shape index (κ2) is 9.00. The van der Waals surface area contributed by atoms with Crippen LogP contribution >= 0.6 is 0 Å². The lowest BCUT2D eigenvalue weighted by atomic mass is 9.84. The molecule has 36 heavy (non-hydrogen) atoms. The average Bonchev–Trinajstić information content (AvgIpc) is 2.62. The first-order valence-corrected chi connectivity index (χ1v) is 10.4. The van der Waals surface area contributed by atoms with Crippen molar-refractivity contribution in [3.8, 4) is 0 Å². The molecule has 2 N–H and O–H groups in total. The summed E-state index contributed by atoms with van der Waals surface area (Å²) in [6.07, 6.45) is -13.1. The Bertz CT molecular complexity index is 1040. The Morgan fingerprint density at radius 3 is 1.92 bits per heavy atom. The Kier molecular flexibility index (Phi) is 7.24. The summed E-state index contributed by atoms with van der Waals surface area (Å²) in [6, 6.07) is -0.0804. The number of carbonyl (C=O) groups is 2. The Morgan fingerprint density at radius 1 is 1.03 bits per heavy atom. The number of aromatic nitrogens is 1. The van der Waals surface area contributed by atoms with E-state index >= 15 is 8.78 Å². The molecule has 2 heterocycles. The van der Waals surface area contributed by atoms with E-state index in [0.717, 1.165) is 6.07 Å². The van der Waals surface area contributed by atoms with Crippen LogP contribution in [-0.2, 0) is 19.7 Å². The van der Waals surface area contributed by atoms with Crippen molar-refractivity contribution < 1.29 is 50.1 Å². The van der Waals surface area contributed by atoms with Crippen molar-refractivity contribution in [3.63, 3.8) is 0 Å². The molecule has 0 unspecified atom stereocenters. The van der Waals surface area contributed by atoms with E-state index in [9.17, 15) is 27.2 Å². The van der Waals surface area contributed by atoms with Crippen LogP contribution in [0.5, 0.6) is 0 Å². The molecule has 0 radical (unpaired) electrons. The Balaban J connectivity index is 2.86. The summed E-state index contributed by atoms with van der Waals surface area (Å²) in [5.41, 5.74) is -1.89. The Morgan fingerprint density at radius 2 is 1.50 bits per heavy atom. The van der Waals surface area contributed by atoms with E-state index in [1.165, 1.54) is 41.5 Å². The molecule has 0 aliphatic carbocycles. The Hall–Kier alpha value is -3.26. The van der Waals surface area contributed by atoms with Crippen molar-refractivity contribution in [1.29, 1.82) is 0 Å². The van der Waals surface area contributed by atoms with Crippen LogP contribution in [0.2, 0.25) is 0 Å². The third-order valence-electron chi connectivity index (χ3n) is 4.49. The molecule has 0 bridgehead atoms. The zero-order valence-electron chi connectivity index (χ0n) is 20.5. The topological polar surface area (TPSA) is 116 Å². The van der Waals surface area contributed by atoms with Crippen LogP contribution in [0.15, 0.2) is 17.1 Å². The summed E-state index contributed by atoms with van der Waals surface area (Å²) in [4.78, 5) is 32.3. The number of imide groups is 1. The predicted molar refractivity (Wildman–Crippen MR) is 114 cm³/mol. The zero-order valence-corrected chi connectivity index (χ0v) is 20.5. The molecule has 202 valence electrons. The van der Waals surface area contributed by atoms with Gasteiger partial charge in [0.25, 0.3) is 6.10 Å². The Labute approximate surface area is 202 Å². The van der Waals surface area contributed by atoms with Crippen molar-refractivity contribution in [3.05, 3.63) is 23.6 Å². The van der Waals surface area contributed by atoms with Crippen LogP contribution in [0.25, 0.3) is 0 Å². The number of hydrogen-bond donors (Lipinski definition) is 1. The standard InChI is InChI=1S/C21H26F6N4O5/c1-17(2,3)35-15(32)31(16(33)36-18(4,5)6)14-30-19(7,12-10(22)8-9-11(28)29-12)20(23,24)13(34-14)21(25,26)27/h8-9,13H,1-7H3,(H2,28,29)/t13-,19-/m1/s1. The normalized spacial score (nSPS) is 22.2. The molecule has 0 saturated heterocycles. The molecule has 1 aromatic rings. The number of amidine groups is 1. The van der Waals surface area contributed by atoms with E-state index in [2.05, 4.69) is 14.7 Å². The molecule has 0 fully saturated rings. The van der Waals surface area contributed by atoms with Gasteiger partial charge in [-0.05, 0) is 60.6 Å². The highest BCUT2D eigenvalue weighted by Gasteiger charge is 2.71. The van der Waals surface area contributed by atoms with Gasteiger partial charge in [-0.1, -0.05) is 0 Å². The number of amides is 2. The maximum Gasteiger partial charge on any atom is 0.431 e. The number of rotatable bonds is 1. The second-order valence-corrected chi connectivity index (χ2v) is 9.99. The maximum atomic E-state index is 15.3. The molecule has 2 amide bonds. The number of anilines is 1. The number of nitrogens with zero attached hydrogens (tertiary/aromatic N) is 3. The number of halogens is 6. The molecular formula is C21H26F6N4O5. The van der Waals surface area contributed by atoms with Crippen molar-refractivity contribution in [2.75, 3.05) is 5.73 Å². The van der Waals surface area contributed by atoms with Crippen molar-refractivity contribution in [1.82, 2.24) is 9.88 Å². The van der Waals surface area contributed by atoms with Gasteiger partial charge in [0.2, 0.25) is 0 Å². The monoisotopic (exact) mass is 528 g/mol. The molecule has 1 aliphatic heterocycles. The fourth-order valence-corrected chi connectivity index (χ4v) is 2.96. The van der Waals surface area contributed by atoms with Crippen molar-refractivity contribution >= 4 is 24.0 Å². The molecule has 1 aliphatic rings. The zero-order chi connectivity index (χ0) is 28.1. The number of ether oxygens (including phenoxy) is 3. The third kappa shape index (κ3) is 5.93. The molecule has 0 saturated carbocycles. The van der Waals surface area contributed by atoms with Gasteiger partial charge in [-0.2, -0.15) is 22.0 Å². The minimum absolute atomic E-state index is 0.215. The highest BCUT2D eigenvalue weighted by molar-refractivity contribution is 6.06. The van der Waals surface area contributed by atoms with E-state index in [4.69, 9.17) is 15.2 Å². The number of pyridine rings is 1. The highest BCUT2D eigenvalue weighted by atomic mass is 19.4. The van der Waals surface area contributed by atoms with E-state index < -0.39 is 70.5 Å². The fraction of sp³-hybridized carbons (Fsp3) is 0.619. The molecule has 1 aromatic heterocycles. The van der Waals surface area contributed by atoms with Gasteiger partial charge in [-0.3, -0.25) is 0 Å². The van der Waals surface area contributed by atoms with Crippen LogP contribution < -0.4 is 5.73 Å². The molecule has 0 aromatic carbocycles. The number of nitrogens with two attached hydrogens (primary N) is 1. The van der Waals surface area contributed by atoms with E-state index in [-0.39, 0.29) is 4.90 Å². The number of hydrogen-bond acceptors (Lipinski definition) is 8. The van der Waals surface area contributed by atoms with Crippen molar-refractivity contribution in [2.24, 2.45) is 4.99 Å². The summed E-state index contributed by atoms with van der Waals surface area (Å²) in [7, 11) is 0. The number of alkyl halides is 5. The second-order valence-electron chi connectivity index (χ2n) is 9.99. The minimum Gasteiger partial charge on any atom is -0.445 e. The summed E-state index contributed by atoms with van der Waals surface area (Å²) < 4.78 is 101. The number of carbonyl (C=O) groups excluding carboxylic acids is 2. The van der Waals surface area contributed by atoms with E-state index in [1.807, 2.05) is 0 Å². The van der Waals surface area contributed by atoms with Crippen LogP contribution in [0.4, 0.5) is 41.7 Å². The lowest BCUT2D eigenvalue weighted by Crippen LogP contribution is -2.64. The van der Waals surface area contributed by atoms with Gasteiger partial charge in [0.1, 0.15) is 28.5 Å². The molecule has 9 nitrogen and oxygen atoms in total. The van der Waals surface area contributed by atoms with Gasteiger partial charge in [0.05, 0.1) is 0 Å². The molecule has 15 heteroatoms. The van der Waals surface area contributed by atoms with Gasteiger partial charge in [-0.15, -0.1) is 4.90 Å². The van der Waals surface area contributed by atoms with Gasteiger partial charge in [0.15, 0.2) is 5.54 Å². The summed E-state index contributed by atoms with van der Waals surface area (Å²) in [5.74, 6) is -6.98. The molecular weight excluding hydrogens is 502 g/mol. The van der Waals surface area contributed by atoms with Gasteiger partial charge >= 0.3 is 30.3 Å². The summed E-state index contributed by atoms with van der Waals surface area (Å²) >= 11 is 0. The predicted octanol–water partition coefficient (Wildman–Crippen LogP) is 5.14. The first-order valence-electron chi connectivity index (χ1n) is 10.4. The van der Waals surface area contributed by atoms with E-state index in [1.54, 1.807) is 0 Å². The first-order chi connectivity index (χ1) is 16.0. The lowest BCUT2D eigenvalue weighted by molar-refractivity contribution is -0.289. The van der Waals surface area contributed by atoms with E-state index in [0.29, 0.717) is 13.0 Å². The van der Waals surface area contributed by atoms with Crippen LogP contribution in [-0.4, -0.2) is 57.5 Å². The quantitative estimate of drug-likeness (QED) is 0.502. The molecule has 0 spiro atoms. The first kappa shape index (κ1) is 29.0. The van der Waals surface area contributed by atoms with Gasteiger partial charge in [-0.25, -0.2) is 24.0 Å². The SMILES string of the molecule is CC(C)(C)OC(=O)N(C(=O)OC(C)(C)C)C1=N[C@](C)(c2nc(N)ccc2F)C(F)(F)[C@H](C(F)(F)F)O1. The largest absolute Gasteiger partial charge is 0.445 e. The van der Waals surface area contributed by atoms with Gasteiger partial charge < -0.3 is 19.9 Å². The third-order valence-corrected chi connectivity index (χ3v) is 4.49. The van der Waals surface area contributed by atoms with Crippen LogP contribution in [0.1, 0.15) is 54.2 Å². The molecule has 2 rings (SSSR count). The number of aliphatic imine (C=N–C) groups is 1. The smallest absolute Gasteiger partial charge is 0.431 e. The van der Waals surface area contributed by atoms with Crippen molar-refractivity contribution in [2.45, 2.75) is 83.4 Å². The van der Waals surface area contributed by atoms with Crippen LogP contribution in [0, 0.1) is 5.82 Å². The molecule has 2 atom stereocenters. The summed E-state index contributed by atoms with van der Waals surface area (Å²) in [6.45, 7) is 8.63. The maximum absolute atomic E-state index is 15.3. The van der Waals surface area contributed by atoms with Gasteiger partial charge in [0, 0.05) is 0 Å².